The minimum atomic E-state index is -0.358. The quantitative estimate of drug-likeness (QED) is 0.602. The standard InChI is InChI=1S/C14H30N2OS/c1-5-6-7-9-14(2,3)11-16-13(17)12(15)8-10-18-4/h12H,5-11,15H2,1-4H3,(H,16,17)/t12-/m1/s1. The van der Waals surface area contributed by atoms with Crippen LogP contribution in [0.3, 0.4) is 0 Å². The van der Waals surface area contributed by atoms with Crippen molar-refractivity contribution in [1.82, 2.24) is 5.32 Å². The van der Waals surface area contributed by atoms with E-state index in [2.05, 4.69) is 26.1 Å². The van der Waals surface area contributed by atoms with E-state index in [0.717, 1.165) is 25.1 Å². The number of hydrogen-bond donors (Lipinski definition) is 2. The Kier molecular flexibility index (Phi) is 9.56. The number of amides is 1. The molecule has 0 aromatic rings. The zero-order valence-corrected chi connectivity index (χ0v) is 13.2. The smallest absolute Gasteiger partial charge is 0.236 e. The van der Waals surface area contributed by atoms with Crippen LogP contribution in [0.2, 0.25) is 0 Å². The number of rotatable bonds is 10. The van der Waals surface area contributed by atoms with Crippen LogP contribution in [0, 0.1) is 5.41 Å². The number of carbonyl (C=O) groups is 1. The van der Waals surface area contributed by atoms with E-state index in [1.54, 1.807) is 11.8 Å². The highest BCUT2D eigenvalue weighted by atomic mass is 32.2. The topological polar surface area (TPSA) is 55.1 Å². The molecule has 0 saturated heterocycles. The van der Waals surface area contributed by atoms with Gasteiger partial charge in [0.15, 0.2) is 0 Å². The molecule has 0 aliphatic heterocycles. The largest absolute Gasteiger partial charge is 0.354 e. The number of thioether (sulfide) groups is 1. The maximum Gasteiger partial charge on any atom is 0.236 e. The van der Waals surface area contributed by atoms with E-state index in [4.69, 9.17) is 5.73 Å². The van der Waals surface area contributed by atoms with Crippen LogP contribution in [0.25, 0.3) is 0 Å². The van der Waals surface area contributed by atoms with E-state index in [9.17, 15) is 4.79 Å². The number of nitrogens with one attached hydrogen (secondary N) is 1. The SMILES string of the molecule is CCCCCC(C)(C)CNC(=O)[C@H](N)CCSC. The lowest BCUT2D eigenvalue weighted by molar-refractivity contribution is -0.122. The van der Waals surface area contributed by atoms with Gasteiger partial charge in [-0.2, -0.15) is 11.8 Å². The summed E-state index contributed by atoms with van der Waals surface area (Å²) in [6.07, 6.45) is 7.68. The van der Waals surface area contributed by atoms with Crippen molar-refractivity contribution in [2.75, 3.05) is 18.6 Å². The first-order valence-corrected chi connectivity index (χ1v) is 8.34. The Hall–Kier alpha value is -0.220. The summed E-state index contributed by atoms with van der Waals surface area (Å²) in [4.78, 5) is 11.8. The Morgan fingerprint density at radius 2 is 2.06 bits per heavy atom. The van der Waals surface area contributed by atoms with Crippen molar-refractivity contribution in [3.05, 3.63) is 0 Å². The maximum absolute atomic E-state index is 11.8. The van der Waals surface area contributed by atoms with Gasteiger partial charge in [-0.05, 0) is 30.3 Å². The lowest BCUT2D eigenvalue weighted by atomic mass is 9.87. The fourth-order valence-corrected chi connectivity index (χ4v) is 2.26. The van der Waals surface area contributed by atoms with Crippen molar-refractivity contribution >= 4 is 17.7 Å². The molecule has 1 amide bonds. The number of nitrogens with two attached hydrogens (primary N) is 1. The van der Waals surface area contributed by atoms with Crippen LogP contribution in [0.15, 0.2) is 0 Å². The second-order valence-corrected chi connectivity index (χ2v) is 6.71. The van der Waals surface area contributed by atoms with Crippen molar-refractivity contribution in [3.63, 3.8) is 0 Å². The summed E-state index contributed by atoms with van der Waals surface area (Å²) < 4.78 is 0. The van der Waals surface area contributed by atoms with E-state index in [-0.39, 0.29) is 17.4 Å². The van der Waals surface area contributed by atoms with E-state index in [1.807, 2.05) is 6.26 Å². The van der Waals surface area contributed by atoms with Crippen molar-refractivity contribution in [3.8, 4) is 0 Å². The van der Waals surface area contributed by atoms with Crippen LogP contribution in [-0.2, 0) is 4.79 Å². The predicted molar refractivity (Wildman–Crippen MR) is 81.9 cm³/mol. The second-order valence-electron chi connectivity index (χ2n) is 5.73. The summed E-state index contributed by atoms with van der Waals surface area (Å²) in [5.41, 5.74) is 6.00. The zero-order chi connectivity index (χ0) is 14.0. The van der Waals surface area contributed by atoms with Crippen LogP contribution in [0.4, 0.5) is 0 Å². The van der Waals surface area contributed by atoms with Crippen LogP contribution in [0.1, 0.15) is 52.9 Å². The molecule has 0 aliphatic rings. The molecule has 0 aliphatic carbocycles. The van der Waals surface area contributed by atoms with Gasteiger partial charge in [-0.1, -0.05) is 40.0 Å². The lowest BCUT2D eigenvalue weighted by Crippen LogP contribution is -2.44. The lowest BCUT2D eigenvalue weighted by Gasteiger charge is -2.25. The van der Waals surface area contributed by atoms with Gasteiger partial charge in [-0.15, -0.1) is 0 Å². The Morgan fingerprint density at radius 3 is 2.61 bits per heavy atom. The third kappa shape index (κ3) is 8.81. The Labute approximate surface area is 117 Å². The van der Waals surface area contributed by atoms with Gasteiger partial charge in [0.25, 0.3) is 0 Å². The summed E-state index contributed by atoms with van der Waals surface area (Å²) in [5.74, 6) is 0.932. The summed E-state index contributed by atoms with van der Waals surface area (Å²) in [6, 6.07) is -0.358. The third-order valence-electron chi connectivity index (χ3n) is 3.17. The number of hydrogen-bond acceptors (Lipinski definition) is 3. The minimum absolute atomic E-state index is 0.00684. The molecule has 3 nitrogen and oxygen atoms in total. The Morgan fingerprint density at radius 1 is 1.39 bits per heavy atom. The predicted octanol–water partition coefficient (Wildman–Crippen LogP) is 2.79. The molecule has 0 heterocycles. The van der Waals surface area contributed by atoms with Gasteiger partial charge in [0.05, 0.1) is 6.04 Å². The van der Waals surface area contributed by atoms with Gasteiger partial charge in [-0.3, -0.25) is 4.79 Å². The Balaban J connectivity index is 3.87. The van der Waals surface area contributed by atoms with Crippen LogP contribution < -0.4 is 11.1 Å². The summed E-state index contributed by atoms with van der Waals surface area (Å²) in [5, 5.41) is 2.99. The zero-order valence-electron chi connectivity index (χ0n) is 12.4. The van der Waals surface area contributed by atoms with Gasteiger partial charge in [0.2, 0.25) is 5.91 Å². The molecule has 0 radical (unpaired) electrons. The minimum Gasteiger partial charge on any atom is -0.354 e. The fraction of sp³-hybridized carbons (Fsp3) is 0.929. The molecule has 4 heteroatoms. The molecule has 0 fully saturated rings. The first-order chi connectivity index (χ1) is 8.43. The van der Waals surface area contributed by atoms with Crippen LogP contribution in [0.5, 0.6) is 0 Å². The maximum atomic E-state index is 11.8. The molecule has 0 unspecified atom stereocenters. The molecule has 0 saturated carbocycles. The van der Waals surface area contributed by atoms with Crippen molar-refractivity contribution in [1.29, 1.82) is 0 Å². The molecular formula is C14H30N2OS. The first kappa shape index (κ1) is 17.8. The first-order valence-electron chi connectivity index (χ1n) is 6.95. The number of unbranched alkanes of at least 4 members (excludes halogenated alkanes) is 2. The molecule has 0 spiro atoms. The van der Waals surface area contributed by atoms with Crippen LogP contribution >= 0.6 is 11.8 Å². The molecule has 3 N–H and O–H groups in total. The molecule has 0 rings (SSSR count). The molecule has 0 aromatic heterocycles. The summed E-state index contributed by atoms with van der Waals surface area (Å²) in [7, 11) is 0. The van der Waals surface area contributed by atoms with Crippen LogP contribution in [-0.4, -0.2) is 30.5 Å². The van der Waals surface area contributed by atoms with Gasteiger partial charge in [0, 0.05) is 6.54 Å². The average Bonchev–Trinajstić information content (AvgIpc) is 2.33. The van der Waals surface area contributed by atoms with Gasteiger partial charge in [-0.25, -0.2) is 0 Å². The monoisotopic (exact) mass is 274 g/mol. The highest BCUT2D eigenvalue weighted by Gasteiger charge is 2.20. The molecule has 0 aromatic carbocycles. The highest BCUT2D eigenvalue weighted by molar-refractivity contribution is 7.98. The van der Waals surface area contributed by atoms with Gasteiger partial charge in [0.1, 0.15) is 0 Å². The van der Waals surface area contributed by atoms with E-state index in [1.165, 1.54) is 19.3 Å². The van der Waals surface area contributed by atoms with E-state index >= 15 is 0 Å². The van der Waals surface area contributed by atoms with E-state index in [0.29, 0.717) is 0 Å². The molecule has 108 valence electrons. The molecule has 1 atom stereocenters. The van der Waals surface area contributed by atoms with Crippen molar-refractivity contribution in [2.45, 2.75) is 58.9 Å². The van der Waals surface area contributed by atoms with Crippen molar-refractivity contribution < 1.29 is 4.79 Å². The average molecular weight is 274 g/mol. The van der Waals surface area contributed by atoms with E-state index < -0.39 is 0 Å². The molecule has 0 bridgehead atoms. The normalized spacial score (nSPS) is 13.4. The molecule has 18 heavy (non-hydrogen) atoms. The second kappa shape index (κ2) is 9.68. The van der Waals surface area contributed by atoms with Gasteiger partial charge >= 0.3 is 0 Å². The fourth-order valence-electron chi connectivity index (χ4n) is 1.78. The number of carbonyl (C=O) groups excluding carboxylic acids is 1. The Bertz CT molecular complexity index is 232. The highest BCUT2D eigenvalue weighted by Crippen LogP contribution is 2.22. The molecular weight excluding hydrogens is 244 g/mol. The van der Waals surface area contributed by atoms with Gasteiger partial charge < -0.3 is 11.1 Å². The third-order valence-corrected chi connectivity index (χ3v) is 3.81. The summed E-state index contributed by atoms with van der Waals surface area (Å²) >= 11 is 1.72. The van der Waals surface area contributed by atoms with Crippen molar-refractivity contribution in [2.24, 2.45) is 11.1 Å². The summed E-state index contributed by atoms with van der Waals surface area (Å²) in [6.45, 7) is 7.34.